The van der Waals surface area contributed by atoms with Crippen LogP contribution in [0.15, 0.2) is 0 Å². The van der Waals surface area contributed by atoms with Gasteiger partial charge in [0.15, 0.2) is 6.17 Å². The summed E-state index contributed by atoms with van der Waals surface area (Å²) in [6, 6.07) is 0. The van der Waals surface area contributed by atoms with Gasteiger partial charge in [0.1, 0.15) is 0 Å². The molecule has 0 spiro atoms. The van der Waals surface area contributed by atoms with Crippen molar-refractivity contribution < 1.29 is 66.9 Å². The van der Waals surface area contributed by atoms with Gasteiger partial charge in [-0.1, -0.05) is 0 Å². The van der Waals surface area contributed by atoms with Crippen LogP contribution >= 0.6 is 0 Å². The smallest absolute Gasteiger partial charge is 0.377 e. The Morgan fingerprint density at radius 1 is 0.680 bits per heavy atom. The number of alkyl halides is 13. The van der Waals surface area contributed by atoms with Gasteiger partial charge in [0.25, 0.3) is 0 Å². The van der Waals surface area contributed by atoms with E-state index in [0.717, 1.165) is 13.2 Å². The molecule has 1 fully saturated rings. The van der Waals surface area contributed by atoms with Crippen LogP contribution in [0.4, 0.5) is 57.1 Å². The third kappa shape index (κ3) is 3.90. The molecule has 0 aromatic carbocycles. The van der Waals surface area contributed by atoms with E-state index in [1.54, 1.807) is 0 Å². The average molecular weight is 408 g/mol. The number of rotatable bonds is 6. The number of halogens is 13. The second-order valence-corrected chi connectivity index (χ2v) is 4.69. The van der Waals surface area contributed by atoms with Gasteiger partial charge in [-0.15, -0.1) is 0 Å². The maximum absolute atomic E-state index is 12.8. The number of hydrogen-bond donors (Lipinski definition) is 1. The van der Waals surface area contributed by atoms with Crippen molar-refractivity contribution in [2.24, 2.45) is 0 Å². The predicted octanol–water partition coefficient (Wildman–Crippen LogP) is 4.12. The van der Waals surface area contributed by atoms with E-state index in [1.807, 2.05) is 0 Å². The van der Waals surface area contributed by atoms with Gasteiger partial charge in [-0.25, -0.2) is 4.39 Å². The summed E-state index contributed by atoms with van der Waals surface area (Å²) in [6.07, 6.45) is -11.2. The zero-order valence-electron chi connectivity index (χ0n) is 11.8. The van der Waals surface area contributed by atoms with Crippen molar-refractivity contribution in [3.63, 3.8) is 0 Å². The molecule has 0 aromatic rings. The Kier molecular flexibility index (Phi) is 6.37. The highest BCUT2D eigenvalue weighted by Crippen LogP contribution is 2.60. The van der Waals surface area contributed by atoms with E-state index in [2.05, 4.69) is 4.74 Å². The first-order valence-corrected chi connectivity index (χ1v) is 5.90. The fourth-order valence-corrected chi connectivity index (χ4v) is 1.04. The molecule has 1 saturated heterocycles. The lowest BCUT2D eigenvalue weighted by molar-refractivity contribution is -0.453. The van der Waals surface area contributed by atoms with Crippen LogP contribution in [0.1, 0.15) is 6.92 Å². The van der Waals surface area contributed by atoms with Gasteiger partial charge in [-0.3, -0.25) is 0 Å². The highest BCUT2D eigenvalue weighted by Gasteiger charge is 2.90. The van der Waals surface area contributed by atoms with Gasteiger partial charge >= 0.3 is 35.7 Å². The zero-order chi connectivity index (χ0) is 20.7. The molecule has 1 unspecified atom stereocenters. The van der Waals surface area contributed by atoms with Gasteiger partial charge in [-0.05, 0) is 6.92 Å². The van der Waals surface area contributed by atoms with Gasteiger partial charge in [0.05, 0.1) is 13.2 Å². The Balaban J connectivity index is 0.00000171. The van der Waals surface area contributed by atoms with Crippen molar-refractivity contribution in [1.82, 2.24) is 0 Å². The van der Waals surface area contributed by atoms with Crippen molar-refractivity contribution in [3.05, 3.63) is 0 Å². The van der Waals surface area contributed by atoms with Crippen molar-refractivity contribution in [1.29, 1.82) is 0 Å². The van der Waals surface area contributed by atoms with Crippen molar-refractivity contribution in [2.75, 3.05) is 13.2 Å². The van der Waals surface area contributed by atoms with Crippen LogP contribution in [0.25, 0.3) is 0 Å². The molecule has 152 valence electrons. The maximum Gasteiger partial charge on any atom is 0.423 e. The number of aliphatic hydroxyl groups is 1. The summed E-state index contributed by atoms with van der Waals surface area (Å²) in [5, 5.41) is 7.42. The zero-order valence-corrected chi connectivity index (χ0v) is 11.8. The molecule has 1 aliphatic rings. The van der Waals surface area contributed by atoms with Crippen LogP contribution in [0.5, 0.6) is 0 Å². The SMILES string of the molecule is C1CO1.CC(F)C(F)(F)C(F)(F)C(F)(F)C(F)(F)C(F)(F)C(O)(F)F. The average Bonchev–Trinajstić information content (AvgIpc) is 3.23. The van der Waals surface area contributed by atoms with Crippen molar-refractivity contribution in [2.45, 2.75) is 48.8 Å². The highest BCUT2D eigenvalue weighted by atomic mass is 19.4. The molecule has 0 bridgehead atoms. The Bertz CT molecular complexity index is 449. The Morgan fingerprint density at radius 2 is 0.960 bits per heavy atom. The molecule has 1 aliphatic heterocycles. The van der Waals surface area contributed by atoms with Gasteiger partial charge in [-0.2, -0.15) is 52.7 Å². The molecular formula is C10H9F13O2. The molecule has 1 atom stereocenters. The van der Waals surface area contributed by atoms with Gasteiger partial charge in [0.2, 0.25) is 0 Å². The van der Waals surface area contributed by atoms with Crippen LogP contribution < -0.4 is 0 Å². The van der Waals surface area contributed by atoms with Crippen LogP contribution in [0.2, 0.25) is 0 Å². The van der Waals surface area contributed by atoms with Gasteiger partial charge in [0, 0.05) is 0 Å². The van der Waals surface area contributed by atoms with E-state index in [4.69, 9.17) is 5.11 Å². The van der Waals surface area contributed by atoms with E-state index in [9.17, 15) is 57.1 Å². The first kappa shape index (κ1) is 24.0. The van der Waals surface area contributed by atoms with Crippen molar-refractivity contribution >= 4 is 0 Å². The summed E-state index contributed by atoms with van der Waals surface area (Å²) in [7, 11) is 0. The first-order chi connectivity index (χ1) is 10.7. The van der Waals surface area contributed by atoms with E-state index in [0.29, 0.717) is 0 Å². The monoisotopic (exact) mass is 408 g/mol. The van der Waals surface area contributed by atoms with E-state index in [1.165, 1.54) is 0 Å². The molecule has 1 rings (SSSR count). The number of ether oxygens (including phenoxy) is 1. The van der Waals surface area contributed by atoms with Crippen molar-refractivity contribution in [3.8, 4) is 0 Å². The molecule has 25 heavy (non-hydrogen) atoms. The maximum atomic E-state index is 12.8. The predicted molar refractivity (Wildman–Crippen MR) is 53.3 cm³/mol. The summed E-state index contributed by atoms with van der Waals surface area (Å²) in [5.41, 5.74) is 0. The summed E-state index contributed by atoms with van der Waals surface area (Å²) in [6.45, 7) is 1.51. The molecule has 0 radical (unpaired) electrons. The minimum absolute atomic E-state index is 0.485. The molecule has 0 amide bonds. The molecule has 0 aliphatic carbocycles. The minimum Gasteiger partial charge on any atom is -0.377 e. The molecule has 0 aromatic heterocycles. The van der Waals surface area contributed by atoms with Crippen LogP contribution in [0.3, 0.4) is 0 Å². The topological polar surface area (TPSA) is 32.8 Å². The lowest BCUT2D eigenvalue weighted by Crippen LogP contribution is -2.71. The third-order valence-electron chi connectivity index (χ3n) is 2.68. The third-order valence-corrected chi connectivity index (χ3v) is 2.68. The molecule has 1 heterocycles. The molecule has 1 N–H and O–H groups in total. The second kappa shape index (κ2) is 6.63. The Hall–Kier alpha value is -0.990. The summed E-state index contributed by atoms with van der Waals surface area (Å²) >= 11 is 0. The van der Waals surface area contributed by atoms with Gasteiger partial charge < -0.3 is 9.84 Å². The van der Waals surface area contributed by atoms with E-state index >= 15 is 0 Å². The normalized spacial score (nSPS) is 18.4. The summed E-state index contributed by atoms with van der Waals surface area (Å²) in [4.78, 5) is 0. The van der Waals surface area contributed by atoms with E-state index < -0.39 is 48.8 Å². The lowest BCUT2D eigenvalue weighted by atomic mass is 9.92. The largest absolute Gasteiger partial charge is 0.423 e. The molecule has 0 saturated carbocycles. The summed E-state index contributed by atoms with van der Waals surface area (Å²) < 4.78 is 167. The quantitative estimate of drug-likeness (QED) is 0.530. The lowest BCUT2D eigenvalue weighted by Gasteiger charge is -2.40. The fraction of sp³-hybridized carbons (Fsp3) is 1.00. The second-order valence-electron chi connectivity index (χ2n) is 4.69. The number of hydrogen-bond acceptors (Lipinski definition) is 2. The van der Waals surface area contributed by atoms with Crippen LogP contribution in [0, 0.1) is 0 Å². The van der Waals surface area contributed by atoms with Crippen LogP contribution in [-0.4, -0.2) is 60.2 Å². The molecular weight excluding hydrogens is 399 g/mol. The standard InChI is InChI=1S/C8H5F13O.C2H4O/c1-2(9)3(10,11)4(12,13)5(14,15)6(16,17)7(18,19)8(20,21)22;1-2-3-1/h2,22H,1H3;1-2H2. The Morgan fingerprint density at radius 3 is 1.16 bits per heavy atom. The van der Waals surface area contributed by atoms with Crippen LogP contribution in [-0.2, 0) is 4.74 Å². The summed E-state index contributed by atoms with van der Waals surface area (Å²) in [5.74, 6) is -37.4. The highest BCUT2D eigenvalue weighted by molar-refractivity contribution is 5.11. The van der Waals surface area contributed by atoms with E-state index in [-0.39, 0.29) is 0 Å². The molecule has 15 heteroatoms. The minimum atomic E-state index is -7.86. The number of epoxide rings is 1. The fourth-order valence-electron chi connectivity index (χ4n) is 1.04. The molecule has 2 nitrogen and oxygen atoms in total. The Labute approximate surface area is 130 Å². The first-order valence-electron chi connectivity index (χ1n) is 5.90.